The van der Waals surface area contributed by atoms with Crippen molar-refractivity contribution < 1.29 is 14.3 Å². The normalized spacial score (nSPS) is 30.3. The van der Waals surface area contributed by atoms with Crippen LogP contribution in [0.15, 0.2) is 0 Å². The van der Waals surface area contributed by atoms with E-state index in [1.165, 1.54) is 0 Å². The Labute approximate surface area is 64.6 Å². The predicted molar refractivity (Wildman–Crippen MR) is 38.3 cm³/mol. The average Bonchev–Trinajstić information content (AvgIpc) is 2.34. The zero-order valence-corrected chi connectivity index (χ0v) is 6.22. The van der Waals surface area contributed by atoms with Crippen molar-refractivity contribution in [3.05, 3.63) is 0 Å². The fourth-order valence-corrected chi connectivity index (χ4v) is 1.52. The van der Waals surface area contributed by atoms with E-state index in [1.54, 1.807) is 0 Å². The average molecular weight is 161 g/mol. The Bertz CT molecular complexity index is 151. The molecule has 0 aromatic heterocycles. The van der Waals surface area contributed by atoms with Crippen LogP contribution in [0.4, 0.5) is 9.18 Å². The van der Waals surface area contributed by atoms with Gasteiger partial charge in [-0.15, -0.1) is 0 Å². The second-order valence-corrected chi connectivity index (χ2v) is 2.98. The smallest absolute Gasteiger partial charge is 0.404 e. The minimum absolute atomic E-state index is 0.0201. The molecule has 0 aliphatic heterocycles. The second kappa shape index (κ2) is 3.55. The molecule has 1 saturated carbocycles. The number of hydrogen-bond acceptors (Lipinski definition) is 1. The van der Waals surface area contributed by atoms with E-state index in [0.29, 0.717) is 6.42 Å². The summed E-state index contributed by atoms with van der Waals surface area (Å²) in [6.45, 7) is -0.322. The molecule has 0 radical (unpaired) electrons. The van der Waals surface area contributed by atoms with Gasteiger partial charge in [0, 0.05) is 6.04 Å². The van der Waals surface area contributed by atoms with Gasteiger partial charge in [-0.3, -0.25) is 4.39 Å². The van der Waals surface area contributed by atoms with Crippen LogP contribution in [0, 0.1) is 5.92 Å². The molecule has 1 amide bonds. The van der Waals surface area contributed by atoms with Crippen molar-refractivity contribution in [3.8, 4) is 0 Å². The lowest BCUT2D eigenvalue weighted by Crippen LogP contribution is -2.31. The molecule has 1 fully saturated rings. The Morgan fingerprint density at radius 3 is 2.82 bits per heavy atom. The molecule has 0 saturated heterocycles. The minimum atomic E-state index is -1.01. The lowest BCUT2D eigenvalue weighted by atomic mass is 10.1. The second-order valence-electron chi connectivity index (χ2n) is 2.98. The maximum absolute atomic E-state index is 12.0. The van der Waals surface area contributed by atoms with Crippen LogP contribution in [-0.4, -0.2) is 23.9 Å². The molecule has 0 unspecified atom stereocenters. The van der Waals surface area contributed by atoms with Gasteiger partial charge in [-0.25, -0.2) is 4.79 Å². The summed E-state index contributed by atoms with van der Waals surface area (Å²) in [5.74, 6) is 0.0758. The van der Waals surface area contributed by atoms with Crippen molar-refractivity contribution in [3.63, 3.8) is 0 Å². The lowest BCUT2D eigenvalue weighted by molar-refractivity contribution is 0.189. The third-order valence-corrected chi connectivity index (χ3v) is 2.09. The molecular formula is C7H12FNO2. The molecule has 1 aliphatic rings. The van der Waals surface area contributed by atoms with Crippen LogP contribution in [0.2, 0.25) is 0 Å². The summed E-state index contributed by atoms with van der Waals surface area (Å²) < 4.78 is 12.0. The zero-order chi connectivity index (χ0) is 8.27. The third-order valence-electron chi connectivity index (χ3n) is 2.09. The van der Waals surface area contributed by atoms with Crippen LogP contribution >= 0.6 is 0 Å². The molecule has 3 nitrogen and oxygen atoms in total. The fourth-order valence-electron chi connectivity index (χ4n) is 1.52. The number of carbonyl (C=O) groups is 1. The van der Waals surface area contributed by atoms with E-state index in [0.717, 1.165) is 12.8 Å². The summed E-state index contributed by atoms with van der Waals surface area (Å²) in [5, 5.41) is 10.7. The highest BCUT2D eigenvalue weighted by molar-refractivity contribution is 5.64. The minimum Gasteiger partial charge on any atom is -0.465 e. The molecule has 64 valence electrons. The summed E-state index contributed by atoms with van der Waals surface area (Å²) in [5.41, 5.74) is 0. The summed E-state index contributed by atoms with van der Waals surface area (Å²) in [6.07, 6.45) is 1.24. The van der Waals surface area contributed by atoms with Crippen molar-refractivity contribution in [2.24, 2.45) is 5.92 Å². The first-order valence-corrected chi connectivity index (χ1v) is 3.77. The van der Waals surface area contributed by atoms with Gasteiger partial charge >= 0.3 is 6.09 Å². The maximum atomic E-state index is 12.0. The standard InChI is InChI=1S/C7H12FNO2/c8-4-5-1-2-6(3-5)9-7(10)11/h5-6,9H,1-4H2,(H,10,11)/t5-,6+/m1/s1. The number of nitrogens with one attached hydrogen (secondary N) is 1. The molecule has 2 atom stereocenters. The largest absolute Gasteiger partial charge is 0.465 e. The van der Waals surface area contributed by atoms with Crippen molar-refractivity contribution >= 4 is 6.09 Å². The van der Waals surface area contributed by atoms with Crippen LogP contribution in [0.25, 0.3) is 0 Å². The van der Waals surface area contributed by atoms with Gasteiger partial charge < -0.3 is 10.4 Å². The third kappa shape index (κ3) is 2.37. The number of hydrogen-bond donors (Lipinski definition) is 2. The van der Waals surface area contributed by atoms with E-state index in [1.807, 2.05) is 0 Å². The van der Waals surface area contributed by atoms with E-state index in [2.05, 4.69) is 5.32 Å². The molecule has 1 aliphatic carbocycles. The highest BCUT2D eigenvalue weighted by atomic mass is 19.1. The summed E-state index contributed by atoms with van der Waals surface area (Å²) >= 11 is 0. The van der Waals surface area contributed by atoms with Crippen LogP contribution in [-0.2, 0) is 0 Å². The lowest BCUT2D eigenvalue weighted by Gasteiger charge is -2.08. The Hall–Kier alpha value is -0.800. The number of alkyl halides is 1. The predicted octanol–water partition coefficient (Wildman–Crippen LogP) is 1.39. The topological polar surface area (TPSA) is 49.3 Å². The quantitative estimate of drug-likeness (QED) is 0.643. The van der Waals surface area contributed by atoms with Gasteiger partial charge in [-0.1, -0.05) is 0 Å². The molecule has 11 heavy (non-hydrogen) atoms. The first kappa shape index (κ1) is 8.30. The van der Waals surface area contributed by atoms with Crippen LogP contribution in [0.3, 0.4) is 0 Å². The van der Waals surface area contributed by atoms with Gasteiger partial charge in [0.1, 0.15) is 0 Å². The van der Waals surface area contributed by atoms with E-state index in [-0.39, 0.29) is 18.6 Å². The van der Waals surface area contributed by atoms with Gasteiger partial charge in [0.25, 0.3) is 0 Å². The van der Waals surface area contributed by atoms with Gasteiger partial charge in [0.2, 0.25) is 0 Å². The summed E-state index contributed by atoms with van der Waals surface area (Å²) in [4.78, 5) is 10.1. The zero-order valence-electron chi connectivity index (χ0n) is 6.22. The first-order chi connectivity index (χ1) is 5.22. The Kier molecular flexibility index (Phi) is 2.68. The Morgan fingerprint density at radius 1 is 1.64 bits per heavy atom. The highest BCUT2D eigenvalue weighted by Gasteiger charge is 2.25. The SMILES string of the molecule is O=C(O)N[C@H]1CC[C@@H](CF)C1. The molecule has 4 heteroatoms. The van der Waals surface area contributed by atoms with Crippen molar-refractivity contribution in [2.75, 3.05) is 6.67 Å². The first-order valence-electron chi connectivity index (χ1n) is 3.77. The molecule has 0 heterocycles. The van der Waals surface area contributed by atoms with Crippen molar-refractivity contribution in [1.82, 2.24) is 5.32 Å². The number of carboxylic acid groups (broad SMARTS) is 1. The van der Waals surface area contributed by atoms with Crippen molar-refractivity contribution in [1.29, 1.82) is 0 Å². The highest BCUT2D eigenvalue weighted by Crippen LogP contribution is 2.25. The van der Waals surface area contributed by atoms with Gasteiger partial charge in [-0.2, -0.15) is 0 Å². The van der Waals surface area contributed by atoms with Crippen LogP contribution in [0.5, 0.6) is 0 Å². The van der Waals surface area contributed by atoms with E-state index in [9.17, 15) is 9.18 Å². The van der Waals surface area contributed by atoms with Gasteiger partial charge in [0.05, 0.1) is 6.67 Å². The Morgan fingerprint density at radius 2 is 2.36 bits per heavy atom. The molecular weight excluding hydrogens is 149 g/mol. The fraction of sp³-hybridized carbons (Fsp3) is 0.857. The molecule has 0 bridgehead atoms. The molecule has 0 spiro atoms. The van der Waals surface area contributed by atoms with E-state index in [4.69, 9.17) is 5.11 Å². The van der Waals surface area contributed by atoms with Gasteiger partial charge in [0.15, 0.2) is 0 Å². The number of rotatable bonds is 2. The maximum Gasteiger partial charge on any atom is 0.404 e. The number of amides is 1. The Balaban J connectivity index is 2.24. The van der Waals surface area contributed by atoms with E-state index < -0.39 is 6.09 Å². The molecule has 1 rings (SSSR count). The molecule has 0 aromatic rings. The van der Waals surface area contributed by atoms with Crippen LogP contribution < -0.4 is 5.32 Å². The van der Waals surface area contributed by atoms with Crippen LogP contribution in [0.1, 0.15) is 19.3 Å². The molecule has 2 N–H and O–H groups in total. The van der Waals surface area contributed by atoms with Gasteiger partial charge in [-0.05, 0) is 25.2 Å². The summed E-state index contributed by atoms with van der Waals surface area (Å²) in [6, 6.07) is -0.0201. The van der Waals surface area contributed by atoms with Crippen molar-refractivity contribution in [2.45, 2.75) is 25.3 Å². The monoisotopic (exact) mass is 161 g/mol. The summed E-state index contributed by atoms with van der Waals surface area (Å²) in [7, 11) is 0. The van der Waals surface area contributed by atoms with E-state index >= 15 is 0 Å². The number of halogens is 1. The molecule has 0 aromatic carbocycles.